The van der Waals surface area contributed by atoms with Crippen LogP contribution in [0.2, 0.25) is 0 Å². The molecule has 0 radical (unpaired) electrons. The van der Waals surface area contributed by atoms with E-state index < -0.39 is 40.7 Å². The first-order valence-electron chi connectivity index (χ1n) is 7.61. The molecule has 6 nitrogen and oxygen atoms in total. The van der Waals surface area contributed by atoms with Gasteiger partial charge in [0.1, 0.15) is 0 Å². The molecule has 0 saturated carbocycles. The molecular weight excluding hydrogens is 361 g/mol. The number of carbonyl (C=O) groups is 1. The Morgan fingerprint density at radius 1 is 1.28 bits per heavy atom. The number of β-amino-alcohol motifs (C(OH)–C–C–N with tert-alkyl or cyclic N) is 1. The molecular formula is C15H17F3N2O4S. The van der Waals surface area contributed by atoms with Gasteiger partial charge in [0.25, 0.3) is 5.91 Å². The lowest BCUT2D eigenvalue weighted by atomic mass is 10.0. The van der Waals surface area contributed by atoms with Crippen LogP contribution in [0.4, 0.5) is 18.9 Å². The summed E-state index contributed by atoms with van der Waals surface area (Å²) in [4.78, 5) is 13.4. The van der Waals surface area contributed by atoms with Crippen molar-refractivity contribution in [3.8, 4) is 0 Å². The fourth-order valence-corrected chi connectivity index (χ4v) is 4.19. The highest BCUT2D eigenvalue weighted by molar-refractivity contribution is 7.92. The molecule has 2 heterocycles. The summed E-state index contributed by atoms with van der Waals surface area (Å²) in [7, 11) is -3.42. The maximum absolute atomic E-state index is 12.9. The number of sulfonamides is 1. The van der Waals surface area contributed by atoms with Gasteiger partial charge in [0.15, 0.2) is 5.60 Å². The average molecular weight is 378 g/mol. The van der Waals surface area contributed by atoms with Crippen molar-refractivity contribution in [2.45, 2.75) is 24.6 Å². The fraction of sp³-hybridized carbons (Fsp3) is 0.533. The van der Waals surface area contributed by atoms with Gasteiger partial charge in [-0.2, -0.15) is 13.2 Å². The summed E-state index contributed by atoms with van der Waals surface area (Å²) in [5, 5.41) is 9.68. The molecule has 1 saturated heterocycles. The second-order valence-electron chi connectivity index (χ2n) is 6.43. The molecule has 1 N–H and O–H groups in total. The number of alkyl halides is 3. The van der Waals surface area contributed by atoms with Crippen LogP contribution in [0.5, 0.6) is 0 Å². The van der Waals surface area contributed by atoms with Crippen LogP contribution >= 0.6 is 0 Å². The summed E-state index contributed by atoms with van der Waals surface area (Å²) in [6.45, 7) is -0.730. The third-order valence-electron chi connectivity index (χ3n) is 4.64. The Morgan fingerprint density at radius 3 is 2.52 bits per heavy atom. The zero-order valence-corrected chi connectivity index (χ0v) is 14.2. The number of likely N-dealkylation sites (tertiary alicyclic amines) is 1. The Bertz CT molecular complexity index is 825. The van der Waals surface area contributed by atoms with Crippen LogP contribution in [0, 0.1) is 0 Å². The number of halogens is 3. The first-order chi connectivity index (χ1) is 11.4. The highest BCUT2D eigenvalue weighted by Crippen LogP contribution is 2.38. The lowest BCUT2D eigenvalue weighted by Crippen LogP contribution is -2.48. The Labute approximate surface area is 142 Å². The fourth-order valence-electron chi connectivity index (χ4n) is 3.23. The number of fused-ring (bicyclic) bond motifs is 1. The van der Waals surface area contributed by atoms with Gasteiger partial charge in [0, 0.05) is 25.1 Å². The SMILES string of the molecule is CS(=O)(=O)N1CCc2cc(C(=O)N3CCC(O)(C(F)(F)F)C3)ccc21. The van der Waals surface area contributed by atoms with Crippen LogP contribution in [0.25, 0.3) is 0 Å². The average Bonchev–Trinajstić information content (AvgIpc) is 3.09. The molecule has 25 heavy (non-hydrogen) atoms. The minimum atomic E-state index is -4.80. The minimum absolute atomic E-state index is 0.181. The maximum atomic E-state index is 12.9. The first kappa shape index (κ1) is 18.0. The molecule has 2 aliphatic rings. The molecule has 1 unspecified atom stereocenters. The van der Waals surface area contributed by atoms with Crippen molar-refractivity contribution in [1.29, 1.82) is 0 Å². The molecule has 0 aromatic heterocycles. The van der Waals surface area contributed by atoms with Gasteiger partial charge in [-0.05, 0) is 30.2 Å². The number of hydrogen-bond acceptors (Lipinski definition) is 4. The predicted molar refractivity (Wildman–Crippen MR) is 83.9 cm³/mol. The smallest absolute Gasteiger partial charge is 0.379 e. The lowest BCUT2D eigenvalue weighted by molar-refractivity contribution is -0.253. The number of rotatable bonds is 2. The number of amides is 1. The van der Waals surface area contributed by atoms with E-state index in [1.807, 2.05) is 0 Å². The zero-order valence-electron chi connectivity index (χ0n) is 13.4. The van der Waals surface area contributed by atoms with Crippen molar-refractivity contribution >= 4 is 21.6 Å². The monoisotopic (exact) mass is 378 g/mol. The highest BCUT2D eigenvalue weighted by Gasteiger charge is 2.57. The van der Waals surface area contributed by atoms with Crippen LogP contribution < -0.4 is 4.31 Å². The maximum Gasteiger partial charge on any atom is 0.419 e. The lowest BCUT2D eigenvalue weighted by Gasteiger charge is -2.26. The Hall–Kier alpha value is -1.81. The van der Waals surface area contributed by atoms with Gasteiger partial charge in [0.05, 0.1) is 18.5 Å². The largest absolute Gasteiger partial charge is 0.419 e. The molecule has 3 rings (SSSR count). The van der Waals surface area contributed by atoms with Gasteiger partial charge in [0.2, 0.25) is 10.0 Å². The van der Waals surface area contributed by atoms with Crippen LogP contribution in [0.15, 0.2) is 18.2 Å². The van der Waals surface area contributed by atoms with E-state index in [9.17, 15) is 31.5 Å². The van der Waals surface area contributed by atoms with E-state index in [1.165, 1.54) is 22.5 Å². The molecule has 1 aromatic rings. The molecule has 1 aromatic carbocycles. The van der Waals surface area contributed by atoms with E-state index in [0.717, 1.165) is 11.2 Å². The summed E-state index contributed by atoms with van der Waals surface area (Å²) < 4.78 is 63.2. The molecule has 0 bridgehead atoms. The van der Waals surface area contributed by atoms with Crippen LogP contribution in [-0.2, 0) is 16.4 Å². The number of anilines is 1. The van der Waals surface area contributed by atoms with E-state index in [1.54, 1.807) is 0 Å². The van der Waals surface area contributed by atoms with Crippen molar-refractivity contribution in [3.05, 3.63) is 29.3 Å². The number of hydrogen-bond donors (Lipinski definition) is 1. The number of aliphatic hydroxyl groups is 1. The third-order valence-corrected chi connectivity index (χ3v) is 5.82. The Balaban J connectivity index is 1.82. The van der Waals surface area contributed by atoms with Crippen LogP contribution in [0.1, 0.15) is 22.3 Å². The van der Waals surface area contributed by atoms with Crippen molar-refractivity contribution in [3.63, 3.8) is 0 Å². The van der Waals surface area contributed by atoms with E-state index in [0.29, 0.717) is 17.7 Å². The van der Waals surface area contributed by atoms with E-state index in [4.69, 9.17) is 0 Å². The van der Waals surface area contributed by atoms with Gasteiger partial charge >= 0.3 is 6.18 Å². The minimum Gasteiger partial charge on any atom is -0.379 e. The second kappa shape index (κ2) is 5.60. The zero-order chi connectivity index (χ0) is 18.6. The van der Waals surface area contributed by atoms with Crippen LogP contribution in [0.3, 0.4) is 0 Å². The highest BCUT2D eigenvalue weighted by atomic mass is 32.2. The summed E-state index contributed by atoms with van der Waals surface area (Å²) in [5.74, 6) is -0.610. The Morgan fingerprint density at radius 2 is 1.96 bits per heavy atom. The normalized spacial score (nSPS) is 23.9. The molecule has 1 atom stereocenters. The van der Waals surface area contributed by atoms with E-state index >= 15 is 0 Å². The van der Waals surface area contributed by atoms with E-state index in [2.05, 4.69) is 0 Å². The van der Waals surface area contributed by atoms with Gasteiger partial charge in [-0.1, -0.05) is 0 Å². The molecule has 138 valence electrons. The second-order valence-corrected chi connectivity index (χ2v) is 8.34. The Kier molecular flexibility index (Phi) is 4.03. The van der Waals surface area contributed by atoms with Gasteiger partial charge < -0.3 is 10.0 Å². The van der Waals surface area contributed by atoms with Crippen molar-refractivity contribution < 1.29 is 31.5 Å². The van der Waals surface area contributed by atoms with Crippen molar-refractivity contribution in [1.82, 2.24) is 4.90 Å². The molecule has 0 spiro atoms. The molecule has 10 heteroatoms. The third kappa shape index (κ3) is 3.08. The topological polar surface area (TPSA) is 77.9 Å². The quantitative estimate of drug-likeness (QED) is 0.838. The summed E-state index contributed by atoms with van der Waals surface area (Å²) in [6.07, 6.45) is -3.84. The van der Waals surface area contributed by atoms with Crippen LogP contribution in [-0.4, -0.2) is 62.0 Å². The number of benzene rings is 1. The molecule has 1 amide bonds. The predicted octanol–water partition coefficient (Wildman–Crippen LogP) is 1.15. The summed E-state index contributed by atoms with van der Waals surface area (Å²) in [6, 6.07) is 4.39. The summed E-state index contributed by atoms with van der Waals surface area (Å²) >= 11 is 0. The molecule has 2 aliphatic heterocycles. The van der Waals surface area contributed by atoms with Crippen molar-refractivity contribution in [2.24, 2.45) is 0 Å². The van der Waals surface area contributed by atoms with Crippen molar-refractivity contribution in [2.75, 3.05) is 30.2 Å². The van der Waals surface area contributed by atoms with Gasteiger partial charge in [-0.15, -0.1) is 0 Å². The van der Waals surface area contributed by atoms with Gasteiger partial charge in [-0.25, -0.2) is 8.42 Å². The number of nitrogens with zero attached hydrogens (tertiary/aromatic N) is 2. The van der Waals surface area contributed by atoms with Gasteiger partial charge in [-0.3, -0.25) is 9.10 Å². The summed E-state index contributed by atoms with van der Waals surface area (Å²) in [5.41, 5.74) is -1.57. The molecule has 0 aliphatic carbocycles. The number of carbonyl (C=O) groups excluding carboxylic acids is 1. The standard InChI is InChI=1S/C15H17F3N2O4S/c1-25(23,24)20-6-4-10-8-11(2-3-12(10)20)13(21)19-7-5-14(22,9-19)15(16,17)18/h2-3,8,22H,4-7,9H2,1H3. The molecule has 1 fully saturated rings. The van der Waals surface area contributed by atoms with E-state index in [-0.39, 0.29) is 18.7 Å². The first-order valence-corrected chi connectivity index (χ1v) is 9.46.